The normalized spacial score (nSPS) is 18.5. The average Bonchev–Trinajstić information content (AvgIpc) is 3.31. The third-order valence-corrected chi connectivity index (χ3v) is 8.07. The fraction of sp³-hybridized carbons (Fsp3) is 0.469. The highest BCUT2D eigenvalue weighted by Crippen LogP contribution is 2.40. The topological polar surface area (TPSA) is 51.4 Å². The van der Waals surface area contributed by atoms with Crippen LogP contribution >= 0.6 is 0 Å². The van der Waals surface area contributed by atoms with E-state index in [2.05, 4.69) is 76.4 Å². The first-order chi connectivity index (χ1) is 18.1. The van der Waals surface area contributed by atoms with Crippen molar-refractivity contribution in [3.05, 3.63) is 71.4 Å². The molecule has 2 N–H and O–H groups in total. The molecule has 2 aliphatic rings. The smallest absolute Gasteiger partial charge is 0.251 e. The van der Waals surface area contributed by atoms with Gasteiger partial charge >= 0.3 is 0 Å². The number of hydrogen-bond acceptors (Lipinski definition) is 3. The van der Waals surface area contributed by atoms with Crippen molar-refractivity contribution in [2.24, 2.45) is 5.92 Å². The molecule has 196 valence electrons. The predicted octanol–water partition coefficient (Wildman–Crippen LogP) is 5.62. The van der Waals surface area contributed by atoms with Crippen LogP contribution in [0, 0.1) is 5.92 Å². The molecule has 1 aliphatic heterocycles. The molecule has 1 aliphatic carbocycles. The van der Waals surface area contributed by atoms with Crippen LogP contribution in [0.1, 0.15) is 54.7 Å². The lowest BCUT2D eigenvalue weighted by Gasteiger charge is -2.34. The Morgan fingerprint density at radius 1 is 0.946 bits per heavy atom. The van der Waals surface area contributed by atoms with Crippen molar-refractivity contribution >= 4 is 5.91 Å². The number of aromatic nitrogens is 1. The summed E-state index contributed by atoms with van der Waals surface area (Å²) in [4.78, 5) is 21.7. The minimum Gasteiger partial charge on any atom is -0.358 e. The quantitative estimate of drug-likeness (QED) is 0.377. The zero-order valence-corrected chi connectivity index (χ0v) is 22.6. The van der Waals surface area contributed by atoms with E-state index in [9.17, 15) is 4.79 Å². The molecule has 2 aromatic carbocycles. The Kier molecular flexibility index (Phi) is 8.42. The molecule has 0 spiro atoms. The number of amides is 1. The number of nitrogens with one attached hydrogen (secondary N) is 2. The van der Waals surface area contributed by atoms with E-state index in [1.54, 1.807) is 0 Å². The van der Waals surface area contributed by atoms with Gasteiger partial charge in [-0.05, 0) is 79.9 Å². The third-order valence-electron chi connectivity index (χ3n) is 8.07. The summed E-state index contributed by atoms with van der Waals surface area (Å²) in [6.07, 6.45) is 5.66. The van der Waals surface area contributed by atoms with Crippen molar-refractivity contribution < 1.29 is 4.79 Å². The van der Waals surface area contributed by atoms with Gasteiger partial charge in [0.15, 0.2) is 0 Å². The summed E-state index contributed by atoms with van der Waals surface area (Å²) >= 11 is 0. The maximum atomic E-state index is 12.8. The maximum Gasteiger partial charge on any atom is 0.251 e. The van der Waals surface area contributed by atoms with E-state index in [0.717, 1.165) is 51.0 Å². The number of benzene rings is 2. The van der Waals surface area contributed by atoms with Crippen LogP contribution in [0.3, 0.4) is 0 Å². The highest BCUT2D eigenvalue weighted by Gasteiger charge is 2.25. The van der Waals surface area contributed by atoms with Crippen molar-refractivity contribution in [2.45, 2.75) is 46.0 Å². The Morgan fingerprint density at radius 3 is 2.35 bits per heavy atom. The number of aromatic amines is 1. The zero-order chi connectivity index (χ0) is 25.6. The second-order valence-corrected chi connectivity index (χ2v) is 10.9. The van der Waals surface area contributed by atoms with Crippen molar-refractivity contribution in [1.82, 2.24) is 20.1 Å². The van der Waals surface area contributed by atoms with Gasteiger partial charge in [0.25, 0.3) is 5.91 Å². The van der Waals surface area contributed by atoms with Gasteiger partial charge in [-0.1, -0.05) is 56.3 Å². The van der Waals surface area contributed by atoms with Gasteiger partial charge in [0.1, 0.15) is 0 Å². The molecule has 1 aromatic heterocycles. The molecule has 2 heterocycles. The van der Waals surface area contributed by atoms with Gasteiger partial charge < -0.3 is 20.1 Å². The summed E-state index contributed by atoms with van der Waals surface area (Å²) in [6, 6.07) is 18.8. The fourth-order valence-corrected chi connectivity index (χ4v) is 5.96. The summed E-state index contributed by atoms with van der Waals surface area (Å²) < 4.78 is 0. The van der Waals surface area contributed by atoms with Crippen LogP contribution in [0.4, 0.5) is 0 Å². The molecular weight excluding hydrogens is 456 g/mol. The number of piperazine rings is 1. The number of carbonyl (C=O) groups excluding carboxylic acids is 1. The molecule has 1 saturated heterocycles. The van der Waals surface area contributed by atoms with Gasteiger partial charge in [0, 0.05) is 49.5 Å². The third kappa shape index (κ3) is 6.16. The molecule has 1 amide bonds. The van der Waals surface area contributed by atoms with E-state index < -0.39 is 0 Å². The van der Waals surface area contributed by atoms with Crippen LogP contribution < -0.4 is 5.32 Å². The van der Waals surface area contributed by atoms with Gasteiger partial charge in [-0.15, -0.1) is 0 Å². The molecule has 5 nitrogen and oxygen atoms in total. The molecule has 37 heavy (non-hydrogen) atoms. The Balaban J connectivity index is 1.21. The van der Waals surface area contributed by atoms with Gasteiger partial charge in [-0.3, -0.25) is 4.79 Å². The molecule has 1 unspecified atom stereocenters. The van der Waals surface area contributed by atoms with Crippen molar-refractivity contribution in [3.63, 3.8) is 0 Å². The van der Waals surface area contributed by atoms with E-state index in [1.807, 2.05) is 12.1 Å². The van der Waals surface area contributed by atoms with E-state index in [-0.39, 0.29) is 5.91 Å². The predicted molar refractivity (Wildman–Crippen MR) is 153 cm³/mol. The molecule has 1 atom stereocenters. The molecule has 0 bridgehead atoms. The molecule has 5 heteroatoms. The number of nitrogens with zero attached hydrogens (tertiary/aromatic N) is 2. The Bertz CT molecular complexity index is 1160. The lowest BCUT2D eigenvalue weighted by molar-refractivity contribution is 0.0948. The van der Waals surface area contributed by atoms with Crippen molar-refractivity contribution in [1.29, 1.82) is 0 Å². The summed E-state index contributed by atoms with van der Waals surface area (Å²) in [5.74, 6) is 0.711. The van der Waals surface area contributed by atoms with Gasteiger partial charge in [-0.25, -0.2) is 0 Å². The minimum atomic E-state index is 0.0207. The highest BCUT2D eigenvalue weighted by atomic mass is 16.1. The SMILES string of the molecule is CCCN1CCN(CCCNC(=O)c2ccc(-c3c(-c4ccccc4)[nH]c4c3CC(C)CC4)cc2)CC1. The Labute approximate surface area is 222 Å². The summed E-state index contributed by atoms with van der Waals surface area (Å²) in [6.45, 7) is 12.2. The Morgan fingerprint density at radius 2 is 1.65 bits per heavy atom. The molecule has 0 saturated carbocycles. The van der Waals surface area contributed by atoms with Crippen LogP contribution in [-0.4, -0.2) is 66.5 Å². The number of rotatable bonds is 9. The number of fused-ring (bicyclic) bond motifs is 1. The lowest BCUT2D eigenvalue weighted by atomic mass is 9.85. The standard InChI is InChI=1S/C32H42N4O/c1-3-17-35-19-21-36(22-20-35)18-7-16-33-32(37)27-13-11-25(12-14-27)30-28-23-24(2)10-15-29(28)34-31(30)26-8-5-4-6-9-26/h4-6,8-9,11-14,24,34H,3,7,10,15-23H2,1-2H3,(H,33,37). The lowest BCUT2D eigenvalue weighted by Crippen LogP contribution is -2.47. The molecule has 1 fully saturated rings. The van der Waals surface area contributed by atoms with Crippen LogP contribution in [0.25, 0.3) is 22.4 Å². The zero-order valence-electron chi connectivity index (χ0n) is 22.6. The van der Waals surface area contributed by atoms with E-state index in [0.29, 0.717) is 5.92 Å². The van der Waals surface area contributed by atoms with E-state index >= 15 is 0 Å². The van der Waals surface area contributed by atoms with Gasteiger partial charge in [0.05, 0.1) is 5.69 Å². The van der Waals surface area contributed by atoms with E-state index in [1.165, 1.54) is 66.1 Å². The summed E-state index contributed by atoms with van der Waals surface area (Å²) in [5.41, 5.74) is 8.46. The number of carbonyl (C=O) groups is 1. The second-order valence-electron chi connectivity index (χ2n) is 10.9. The number of H-pyrrole nitrogens is 1. The van der Waals surface area contributed by atoms with Gasteiger partial charge in [0.2, 0.25) is 0 Å². The average molecular weight is 499 g/mol. The minimum absolute atomic E-state index is 0.0207. The maximum absolute atomic E-state index is 12.8. The van der Waals surface area contributed by atoms with Crippen molar-refractivity contribution in [2.75, 3.05) is 45.8 Å². The summed E-state index contributed by atoms with van der Waals surface area (Å²) in [7, 11) is 0. The first-order valence-electron chi connectivity index (χ1n) is 14.2. The number of aryl methyl sites for hydroxylation is 1. The second kappa shape index (κ2) is 12.1. The molecular formula is C32H42N4O. The van der Waals surface area contributed by atoms with Crippen LogP contribution in [0.5, 0.6) is 0 Å². The first kappa shape index (κ1) is 25.7. The summed E-state index contributed by atoms with van der Waals surface area (Å²) in [5, 5.41) is 3.13. The monoisotopic (exact) mass is 498 g/mol. The largest absolute Gasteiger partial charge is 0.358 e. The highest BCUT2D eigenvalue weighted by molar-refractivity contribution is 5.95. The Hall–Kier alpha value is -2.89. The van der Waals surface area contributed by atoms with Crippen LogP contribution in [0.15, 0.2) is 54.6 Å². The first-order valence-corrected chi connectivity index (χ1v) is 14.2. The molecule has 3 aromatic rings. The molecule has 0 radical (unpaired) electrons. The fourth-order valence-electron chi connectivity index (χ4n) is 5.96. The molecule has 5 rings (SSSR count). The van der Waals surface area contributed by atoms with Crippen molar-refractivity contribution in [3.8, 4) is 22.4 Å². The van der Waals surface area contributed by atoms with E-state index in [4.69, 9.17) is 0 Å². The van der Waals surface area contributed by atoms with Gasteiger partial charge in [-0.2, -0.15) is 0 Å². The van der Waals surface area contributed by atoms with Crippen LogP contribution in [-0.2, 0) is 12.8 Å². The van der Waals surface area contributed by atoms with Crippen LogP contribution in [0.2, 0.25) is 0 Å². The number of hydrogen-bond donors (Lipinski definition) is 2.